The number of fused-ring (bicyclic) bond motifs is 1. The van der Waals surface area contributed by atoms with Crippen molar-refractivity contribution in [2.75, 3.05) is 20.2 Å². The lowest BCUT2D eigenvalue weighted by Gasteiger charge is -2.40. The van der Waals surface area contributed by atoms with Crippen LogP contribution in [0.5, 0.6) is 5.88 Å². The average molecular weight is 366 g/mol. The standard InChI is InChI=1S/C21H23N3OS/c1-25-20-7-5-15(13-22-20)14-4-6-18-19(12-14)26-21(23-18)16-10-17(11-16)24-8-2-3-9-24/h4-7,12-13,16-17H,2-3,8-11H2,1H3/t16-,17-. The predicted octanol–water partition coefficient (Wildman–Crippen LogP) is 4.71. The van der Waals surface area contributed by atoms with Crippen LogP contribution in [0.2, 0.25) is 0 Å². The van der Waals surface area contributed by atoms with Crippen LogP contribution < -0.4 is 4.74 Å². The van der Waals surface area contributed by atoms with E-state index in [2.05, 4.69) is 34.1 Å². The minimum absolute atomic E-state index is 0.646. The maximum Gasteiger partial charge on any atom is 0.212 e. The van der Waals surface area contributed by atoms with Gasteiger partial charge in [-0.2, -0.15) is 0 Å². The number of ether oxygens (including phenoxy) is 1. The second kappa shape index (κ2) is 6.63. The lowest BCUT2D eigenvalue weighted by atomic mass is 9.80. The number of nitrogens with zero attached hydrogens (tertiary/aromatic N) is 3. The third-order valence-corrected chi connectivity index (χ3v) is 6.98. The molecule has 1 saturated heterocycles. The minimum atomic E-state index is 0.646. The zero-order valence-corrected chi connectivity index (χ0v) is 15.8. The van der Waals surface area contributed by atoms with Crippen molar-refractivity contribution in [1.29, 1.82) is 0 Å². The van der Waals surface area contributed by atoms with Crippen molar-refractivity contribution in [3.05, 3.63) is 41.5 Å². The fraction of sp³-hybridized carbons (Fsp3) is 0.429. The number of aromatic nitrogens is 2. The average Bonchev–Trinajstić information content (AvgIpc) is 3.30. The van der Waals surface area contributed by atoms with Gasteiger partial charge in [-0.25, -0.2) is 9.97 Å². The Hall–Kier alpha value is -1.98. The van der Waals surface area contributed by atoms with Crippen molar-refractivity contribution in [3.8, 4) is 17.0 Å². The number of thiazole rings is 1. The Morgan fingerprint density at radius 3 is 2.62 bits per heavy atom. The molecule has 2 aromatic heterocycles. The SMILES string of the molecule is COc1ccc(-c2ccc3nc([C@H]4C[C@H](N5CCCC5)C4)sc3c2)cn1. The summed E-state index contributed by atoms with van der Waals surface area (Å²) in [6.07, 6.45) is 7.20. The summed E-state index contributed by atoms with van der Waals surface area (Å²) in [7, 11) is 1.64. The molecule has 1 aliphatic carbocycles. The molecule has 1 saturated carbocycles. The lowest BCUT2D eigenvalue weighted by molar-refractivity contribution is 0.136. The van der Waals surface area contributed by atoms with Gasteiger partial charge in [0.1, 0.15) is 0 Å². The minimum Gasteiger partial charge on any atom is -0.481 e. The van der Waals surface area contributed by atoms with Crippen molar-refractivity contribution in [2.24, 2.45) is 0 Å². The van der Waals surface area contributed by atoms with Crippen molar-refractivity contribution in [3.63, 3.8) is 0 Å². The second-order valence-corrected chi connectivity index (χ2v) is 8.45. The van der Waals surface area contributed by atoms with Crippen LogP contribution in [0.1, 0.15) is 36.6 Å². The molecule has 0 atom stereocenters. The van der Waals surface area contributed by atoms with E-state index >= 15 is 0 Å². The Balaban J connectivity index is 1.35. The summed E-state index contributed by atoms with van der Waals surface area (Å²) in [5.41, 5.74) is 3.42. The van der Waals surface area contributed by atoms with Crippen LogP contribution in [0.3, 0.4) is 0 Å². The molecule has 0 radical (unpaired) electrons. The van der Waals surface area contributed by atoms with Gasteiger partial charge in [-0.15, -0.1) is 11.3 Å². The van der Waals surface area contributed by atoms with E-state index < -0.39 is 0 Å². The molecule has 2 aliphatic rings. The zero-order chi connectivity index (χ0) is 17.5. The van der Waals surface area contributed by atoms with Crippen molar-refractivity contribution < 1.29 is 4.74 Å². The number of likely N-dealkylation sites (tertiary alicyclic amines) is 1. The van der Waals surface area contributed by atoms with E-state index in [9.17, 15) is 0 Å². The first kappa shape index (κ1) is 16.2. The van der Waals surface area contributed by atoms with Crippen molar-refractivity contribution in [2.45, 2.75) is 37.6 Å². The molecule has 5 rings (SSSR count). The van der Waals surface area contributed by atoms with Gasteiger partial charge in [0.05, 0.1) is 22.3 Å². The third kappa shape index (κ3) is 2.89. The van der Waals surface area contributed by atoms with Crippen LogP contribution in [-0.4, -0.2) is 41.1 Å². The van der Waals surface area contributed by atoms with Crippen LogP contribution in [0.4, 0.5) is 0 Å². The summed E-state index contributed by atoms with van der Waals surface area (Å²) >= 11 is 1.87. The molecule has 0 spiro atoms. The largest absolute Gasteiger partial charge is 0.481 e. The van der Waals surface area contributed by atoms with E-state index in [1.54, 1.807) is 7.11 Å². The van der Waals surface area contributed by atoms with Gasteiger partial charge in [-0.1, -0.05) is 6.07 Å². The highest BCUT2D eigenvalue weighted by molar-refractivity contribution is 7.18. The molecule has 2 fully saturated rings. The van der Waals surface area contributed by atoms with Crippen LogP contribution in [0, 0.1) is 0 Å². The van der Waals surface area contributed by atoms with Gasteiger partial charge < -0.3 is 9.64 Å². The Labute approximate surface area is 157 Å². The third-order valence-electron chi connectivity index (χ3n) is 5.80. The Morgan fingerprint density at radius 2 is 1.88 bits per heavy atom. The topological polar surface area (TPSA) is 38.2 Å². The van der Waals surface area contributed by atoms with Gasteiger partial charge in [-0.3, -0.25) is 0 Å². The van der Waals surface area contributed by atoms with Crippen LogP contribution in [-0.2, 0) is 0 Å². The molecule has 3 aromatic rings. The van der Waals surface area contributed by atoms with Crippen LogP contribution in [0.25, 0.3) is 21.3 Å². The van der Waals surface area contributed by atoms with E-state index in [4.69, 9.17) is 9.72 Å². The van der Waals surface area contributed by atoms with E-state index in [1.165, 1.54) is 54.0 Å². The van der Waals surface area contributed by atoms with E-state index in [0.29, 0.717) is 11.8 Å². The van der Waals surface area contributed by atoms with Gasteiger partial charge in [0.2, 0.25) is 5.88 Å². The zero-order valence-electron chi connectivity index (χ0n) is 15.0. The highest BCUT2D eigenvalue weighted by atomic mass is 32.1. The normalized spacial score (nSPS) is 23.3. The number of hydrogen-bond acceptors (Lipinski definition) is 5. The summed E-state index contributed by atoms with van der Waals surface area (Å²) in [5, 5.41) is 1.32. The lowest BCUT2D eigenvalue weighted by Crippen LogP contribution is -2.42. The second-order valence-electron chi connectivity index (χ2n) is 7.39. The maximum atomic E-state index is 5.15. The molecule has 1 aliphatic heterocycles. The molecule has 26 heavy (non-hydrogen) atoms. The molecule has 5 heteroatoms. The van der Waals surface area contributed by atoms with Gasteiger partial charge >= 0.3 is 0 Å². The molecular weight excluding hydrogens is 342 g/mol. The Kier molecular flexibility index (Phi) is 4.14. The number of hydrogen-bond donors (Lipinski definition) is 0. The Morgan fingerprint density at radius 1 is 1.08 bits per heavy atom. The summed E-state index contributed by atoms with van der Waals surface area (Å²) < 4.78 is 6.42. The quantitative estimate of drug-likeness (QED) is 0.671. The molecule has 0 bridgehead atoms. The van der Waals surface area contributed by atoms with E-state index in [0.717, 1.165) is 17.1 Å². The molecule has 134 valence electrons. The number of benzene rings is 1. The Bertz CT molecular complexity index is 909. The number of rotatable bonds is 4. The first-order chi connectivity index (χ1) is 12.8. The maximum absolute atomic E-state index is 5.15. The predicted molar refractivity (Wildman–Crippen MR) is 106 cm³/mol. The van der Waals surface area contributed by atoms with Gasteiger partial charge in [0.25, 0.3) is 0 Å². The molecule has 0 unspecified atom stereocenters. The molecule has 0 amide bonds. The van der Waals surface area contributed by atoms with Crippen LogP contribution in [0.15, 0.2) is 36.5 Å². The summed E-state index contributed by atoms with van der Waals surface area (Å²) in [6, 6.07) is 11.3. The van der Waals surface area contributed by atoms with Crippen molar-refractivity contribution in [1.82, 2.24) is 14.9 Å². The number of pyridine rings is 1. The highest BCUT2D eigenvalue weighted by Gasteiger charge is 2.37. The molecule has 4 nitrogen and oxygen atoms in total. The highest BCUT2D eigenvalue weighted by Crippen LogP contribution is 2.43. The first-order valence-electron chi connectivity index (χ1n) is 9.45. The van der Waals surface area contributed by atoms with E-state index in [1.807, 2.05) is 23.6 Å². The smallest absolute Gasteiger partial charge is 0.212 e. The summed E-state index contributed by atoms with van der Waals surface area (Å²) in [4.78, 5) is 11.9. The summed E-state index contributed by atoms with van der Waals surface area (Å²) in [6.45, 7) is 2.60. The van der Waals surface area contributed by atoms with Gasteiger partial charge in [0.15, 0.2) is 0 Å². The first-order valence-corrected chi connectivity index (χ1v) is 10.3. The van der Waals surface area contributed by atoms with Gasteiger partial charge in [-0.05, 0) is 62.5 Å². The molecule has 0 N–H and O–H groups in total. The molecule has 3 heterocycles. The van der Waals surface area contributed by atoms with Gasteiger partial charge in [0, 0.05) is 29.8 Å². The fourth-order valence-corrected chi connectivity index (χ4v) is 5.30. The summed E-state index contributed by atoms with van der Waals surface area (Å²) in [5.74, 6) is 1.30. The number of methoxy groups -OCH3 is 1. The van der Waals surface area contributed by atoms with Crippen molar-refractivity contribution >= 4 is 21.6 Å². The molecule has 1 aromatic carbocycles. The van der Waals surface area contributed by atoms with Crippen LogP contribution >= 0.6 is 11.3 Å². The van der Waals surface area contributed by atoms with E-state index in [-0.39, 0.29) is 0 Å². The monoisotopic (exact) mass is 365 g/mol. The molecular formula is C21H23N3OS. The fourth-order valence-electron chi connectivity index (χ4n) is 4.16.